The molecule has 27 heavy (non-hydrogen) atoms. The molecule has 2 aliphatic heterocycles. The first-order valence-corrected chi connectivity index (χ1v) is 9.49. The zero-order chi connectivity index (χ0) is 19.0. The molecule has 6 nitrogen and oxygen atoms in total. The Kier molecular flexibility index (Phi) is 4.93. The fourth-order valence-electron chi connectivity index (χ4n) is 3.37. The van der Waals surface area contributed by atoms with Gasteiger partial charge in [-0.15, -0.1) is 0 Å². The summed E-state index contributed by atoms with van der Waals surface area (Å²) < 4.78 is 5.50. The number of hydrogen-bond donors (Lipinski definition) is 1. The summed E-state index contributed by atoms with van der Waals surface area (Å²) in [6.45, 7) is 1.59. The molecule has 140 valence electrons. The van der Waals surface area contributed by atoms with Crippen LogP contribution in [0, 0.1) is 0 Å². The fourth-order valence-corrected chi connectivity index (χ4v) is 3.67. The van der Waals surface area contributed by atoms with Crippen molar-refractivity contribution in [3.8, 4) is 0 Å². The van der Waals surface area contributed by atoms with Crippen molar-refractivity contribution in [2.75, 3.05) is 19.6 Å². The van der Waals surface area contributed by atoms with E-state index in [1.165, 1.54) is 6.39 Å². The highest BCUT2D eigenvalue weighted by Crippen LogP contribution is 2.27. The number of carbonyl (C=O) groups excluding carboxylic acids is 1. The highest BCUT2D eigenvalue weighted by molar-refractivity contribution is 6.42. The van der Waals surface area contributed by atoms with Gasteiger partial charge in [0.2, 0.25) is 0 Å². The topological polar surface area (TPSA) is 84.7 Å². The number of halogens is 2. The molecule has 2 aliphatic rings. The third kappa shape index (κ3) is 3.47. The van der Waals surface area contributed by atoms with E-state index in [1.54, 1.807) is 23.1 Å². The highest BCUT2D eigenvalue weighted by atomic mass is 35.5. The van der Waals surface area contributed by atoms with Gasteiger partial charge in [0.15, 0.2) is 6.39 Å². The molecule has 0 aliphatic carbocycles. The summed E-state index contributed by atoms with van der Waals surface area (Å²) in [4.78, 5) is 23.7. The van der Waals surface area contributed by atoms with Crippen LogP contribution in [-0.2, 0) is 6.42 Å². The van der Waals surface area contributed by atoms with Crippen molar-refractivity contribution in [1.82, 2.24) is 9.88 Å². The SMILES string of the molecule is NC1=C(C2=NCCCc3ocnc32)CN(C(=O)c2ccc(Cl)c(Cl)c2)CC1. The summed E-state index contributed by atoms with van der Waals surface area (Å²) >= 11 is 12.0. The van der Waals surface area contributed by atoms with E-state index < -0.39 is 0 Å². The number of carbonyl (C=O) groups is 1. The number of amides is 1. The van der Waals surface area contributed by atoms with Gasteiger partial charge in [-0.3, -0.25) is 9.79 Å². The van der Waals surface area contributed by atoms with Crippen LogP contribution >= 0.6 is 23.2 Å². The van der Waals surface area contributed by atoms with E-state index in [2.05, 4.69) is 9.98 Å². The second kappa shape index (κ2) is 7.37. The lowest BCUT2D eigenvalue weighted by Gasteiger charge is -2.30. The number of nitrogens with two attached hydrogens (primary N) is 1. The molecule has 0 saturated carbocycles. The molecule has 8 heteroatoms. The van der Waals surface area contributed by atoms with Crippen LogP contribution in [0.2, 0.25) is 10.0 Å². The van der Waals surface area contributed by atoms with E-state index in [-0.39, 0.29) is 5.91 Å². The number of benzene rings is 1. The summed E-state index contributed by atoms with van der Waals surface area (Å²) in [6, 6.07) is 4.90. The molecular formula is C19H18Cl2N4O2. The number of aryl methyl sites for hydroxylation is 1. The molecule has 0 unspecified atom stereocenters. The number of oxazole rings is 1. The highest BCUT2D eigenvalue weighted by Gasteiger charge is 2.29. The molecule has 0 bridgehead atoms. The van der Waals surface area contributed by atoms with Crippen LogP contribution in [0.5, 0.6) is 0 Å². The quantitative estimate of drug-likeness (QED) is 0.829. The molecule has 3 heterocycles. The zero-order valence-electron chi connectivity index (χ0n) is 14.5. The van der Waals surface area contributed by atoms with Crippen molar-refractivity contribution in [2.24, 2.45) is 10.7 Å². The van der Waals surface area contributed by atoms with E-state index in [1.807, 2.05) is 0 Å². The molecule has 2 aromatic rings. The maximum Gasteiger partial charge on any atom is 0.254 e. The largest absolute Gasteiger partial charge is 0.448 e. The van der Waals surface area contributed by atoms with Gasteiger partial charge in [-0.25, -0.2) is 4.98 Å². The van der Waals surface area contributed by atoms with Gasteiger partial charge in [0.1, 0.15) is 11.5 Å². The van der Waals surface area contributed by atoms with Crippen LogP contribution in [0.3, 0.4) is 0 Å². The molecule has 4 rings (SSSR count). The number of aliphatic imine (C=N–C) groups is 1. The second-order valence-electron chi connectivity index (χ2n) is 6.57. The van der Waals surface area contributed by atoms with Gasteiger partial charge in [0.05, 0.1) is 15.8 Å². The normalized spacial score (nSPS) is 17.4. The number of fused-ring (bicyclic) bond motifs is 1. The minimum atomic E-state index is -0.117. The molecule has 1 aromatic heterocycles. The van der Waals surface area contributed by atoms with E-state index in [4.69, 9.17) is 33.4 Å². The Morgan fingerprint density at radius 2 is 2.07 bits per heavy atom. The number of rotatable bonds is 2. The molecule has 0 saturated heterocycles. The molecular weight excluding hydrogens is 387 g/mol. The van der Waals surface area contributed by atoms with Crippen LogP contribution < -0.4 is 5.73 Å². The number of aromatic nitrogens is 1. The van der Waals surface area contributed by atoms with Crippen LogP contribution in [0.1, 0.15) is 34.7 Å². The first-order valence-electron chi connectivity index (χ1n) is 8.74. The fraction of sp³-hybridized carbons (Fsp3) is 0.316. The van der Waals surface area contributed by atoms with Gasteiger partial charge in [-0.1, -0.05) is 23.2 Å². The predicted molar refractivity (Wildman–Crippen MR) is 104 cm³/mol. The van der Waals surface area contributed by atoms with Crippen LogP contribution in [0.4, 0.5) is 0 Å². The van der Waals surface area contributed by atoms with Crippen molar-refractivity contribution in [3.63, 3.8) is 0 Å². The minimum absolute atomic E-state index is 0.117. The monoisotopic (exact) mass is 404 g/mol. The molecule has 0 radical (unpaired) electrons. The summed E-state index contributed by atoms with van der Waals surface area (Å²) in [5.41, 5.74) is 9.84. The van der Waals surface area contributed by atoms with Crippen molar-refractivity contribution in [1.29, 1.82) is 0 Å². The molecule has 0 spiro atoms. The van der Waals surface area contributed by atoms with Crippen LogP contribution in [0.15, 0.2) is 45.3 Å². The Hall–Kier alpha value is -2.31. The Bertz CT molecular complexity index is 964. The standard InChI is InChI=1S/C19H18Cl2N4O2/c20-13-4-3-11(8-14(13)21)19(26)25-7-5-15(22)12(9-25)17-18-16(27-10-24-18)2-1-6-23-17/h3-4,8,10H,1-2,5-7,9,22H2. The van der Waals surface area contributed by atoms with Gasteiger partial charge in [0, 0.05) is 49.3 Å². The number of hydrogen-bond acceptors (Lipinski definition) is 5. The second-order valence-corrected chi connectivity index (χ2v) is 7.38. The molecule has 1 aromatic carbocycles. The van der Waals surface area contributed by atoms with E-state index in [0.29, 0.717) is 41.7 Å². The Balaban J connectivity index is 1.63. The average molecular weight is 405 g/mol. The van der Waals surface area contributed by atoms with Gasteiger partial charge in [-0.05, 0) is 24.6 Å². The lowest BCUT2D eigenvalue weighted by molar-refractivity contribution is 0.0766. The summed E-state index contributed by atoms with van der Waals surface area (Å²) in [7, 11) is 0. The van der Waals surface area contributed by atoms with Gasteiger partial charge < -0.3 is 15.1 Å². The lowest BCUT2D eigenvalue weighted by atomic mass is 9.98. The number of nitrogens with zero attached hydrogens (tertiary/aromatic N) is 3. The summed E-state index contributed by atoms with van der Waals surface area (Å²) in [6.07, 6.45) is 3.70. The molecule has 0 fully saturated rings. The Labute approximate surface area is 166 Å². The van der Waals surface area contributed by atoms with Crippen molar-refractivity contribution in [2.45, 2.75) is 19.3 Å². The van der Waals surface area contributed by atoms with E-state index in [0.717, 1.165) is 41.3 Å². The van der Waals surface area contributed by atoms with Gasteiger partial charge in [0.25, 0.3) is 5.91 Å². The maximum absolute atomic E-state index is 12.9. The third-order valence-electron chi connectivity index (χ3n) is 4.82. The van der Waals surface area contributed by atoms with E-state index in [9.17, 15) is 4.79 Å². The minimum Gasteiger partial charge on any atom is -0.448 e. The summed E-state index contributed by atoms with van der Waals surface area (Å²) in [5.74, 6) is 0.702. The van der Waals surface area contributed by atoms with Crippen molar-refractivity contribution in [3.05, 3.63) is 62.9 Å². The maximum atomic E-state index is 12.9. The smallest absolute Gasteiger partial charge is 0.254 e. The Morgan fingerprint density at radius 1 is 1.22 bits per heavy atom. The average Bonchev–Trinajstić information content (AvgIpc) is 3.04. The van der Waals surface area contributed by atoms with Crippen molar-refractivity contribution < 1.29 is 9.21 Å². The molecule has 0 atom stereocenters. The van der Waals surface area contributed by atoms with E-state index >= 15 is 0 Å². The van der Waals surface area contributed by atoms with Gasteiger partial charge in [-0.2, -0.15) is 0 Å². The third-order valence-corrected chi connectivity index (χ3v) is 5.56. The predicted octanol–water partition coefficient (Wildman–Crippen LogP) is 3.48. The zero-order valence-corrected chi connectivity index (χ0v) is 16.1. The molecule has 2 N–H and O–H groups in total. The first kappa shape index (κ1) is 18.1. The molecule has 1 amide bonds. The lowest BCUT2D eigenvalue weighted by Crippen LogP contribution is -2.40. The van der Waals surface area contributed by atoms with Crippen LogP contribution in [0.25, 0.3) is 0 Å². The van der Waals surface area contributed by atoms with Gasteiger partial charge >= 0.3 is 0 Å². The van der Waals surface area contributed by atoms with Crippen LogP contribution in [-0.4, -0.2) is 41.1 Å². The summed E-state index contributed by atoms with van der Waals surface area (Å²) in [5, 5.41) is 0.776. The first-order chi connectivity index (χ1) is 13.0. The van der Waals surface area contributed by atoms with Crippen molar-refractivity contribution >= 4 is 34.8 Å². The Morgan fingerprint density at radius 3 is 2.89 bits per heavy atom.